The lowest BCUT2D eigenvalue weighted by Gasteiger charge is -2.30. The monoisotopic (exact) mass is 429 g/mol. The zero-order valence-corrected chi connectivity index (χ0v) is 16.7. The van der Waals surface area contributed by atoms with Crippen LogP contribution in [0.4, 0.5) is 0 Å². The van der Waals surface area contributed by atoms with Crippen molar-refractivity contribution in [2.45, 2.75) is 38.0 Å². The van der Waals surface area contributed by atoms with E-state index in [9.17, 15) is 0 Å². The molecule has 0 fully saturated rings. The minimum atomic E-state index is 0.0499. The van der Waals surface area contributed by atoms with Gasteiger partial charge in [0.05, 0.1) is 10.7 Å². The van der Waals surface area contributed by atoms with Gasteiger partial charge in [0.25, 0.3) is 0 Å². The second-order valence-corrected chi connectivity index (χ2v) is 8.53. The lowest BCUT2D eigenvalue weighted by Crippen LogP contribution is -2.33. The van der Waals surface area contributed by atoms with Gasteiger partial charge in [-0.2, -0.15) is 0 Å². The number of thiazole rings is 1. The van der Waals surface area contributed by atoms with Gasteiger partial charge in [-0.25, -0.2) is 4.98 Å². The molecule has 4 heteroatoms. The largest absolute Gasteiger partial charge is 0.246 e. The molecular weight excluding hydrogens is 410 g/mol. The zero-order valence-electron chi connectivity index (χ0n) is 12.7. The number of halogens is 2. The van der Waals surface area contributed by atoms with Crippen molar-refractivity contribution in [3.8, 4) is 0 Å². The smallest absolute Gasteiger partial charge is 0.0938 e. The van der Waals surface area contributed by atoms with E-state index in [1.54, 1.807) is 11.3 Å². The summed E-state index contributed by atoms with van der Waals surface area (Å²) in [4.78, 5) is 4.86. The summed E-state index contributed by atoms with van der Waals surface area (Å²) in [7, 11) is 0. The number of alkyl halides is 2. The average molecular weight is 431 g/mol. The van der Waals surface area contributed by atoms with E-state index in [1.807, 2.05) is 0 Å². The molecule has 1 heterocycles. The van der Waals surface area contributed by atoms with Crippen LogP contribution in [-0.2, 0) is 17.3 Å². The van der Waals surface area contributed by atoms with Gasteiger partial charge in [0.1, 0.15) is 0 Å². The molecule has 0 N–H and O–H groups in total. The van der Waals surface area contributed by atoms with Crippen molar-refractivity contribution in [2.75, 3.05) is 10.7 Å². The van der Waals surface area contributed by atoms with E-state index in [1.165, 1.54) is 16.3 Å². The molecule has 0 bridgehead atoms. The first kappa shape index (κ1) is 17.2. The molecule has 0 saturated carbocycles. The zero-order chi connectivity index (χ0) is 15.5. The highest BCUT2D eigenvalue weighted by Crippen LogP contribution is 2.34. The fourth-order valence-corrected chi connectivity index (χ4v) is 5.34. The molecular formula is C17H21Br2NS. The maximum Gasteiger partial charge on any atom is 0.0938 e. The van der Waals surface area contributed by atoms with Crippen molar-refractivity contribution in [1.82, 2.24) is 4.98 Å². The fraction of sp³-hybridized carbons (Fsp3) is 0.471. The van der Waals surface area contributed by atoms with Gasteiger partial charge in [0, 0.05) is 33.3 Å². The fourth-order valence-electron chi connectivity index (χ4n) is 2.20. The lowest BCUT2D eigenvalue weighted by molar-refractivity contribution is 0.538. The number of hydrogen-bond acceptors (Lipinski definition) is 2. The lowest BCUT2D eigenvalue weighted by atomic mass is 9.81. The SMILES string of the molecule is CC(C)(C)c1csc(CC(CBr)(CBr)c2ccccc2)n1. The molecule has 2 aromatic rings. The molecule has 0 spiro atoms. The topological polar surface area (TPSA) is 12.9 Å². The Hall–Kier alpha value is -0.190. The first-order valence-corrected chi connectivity index (χ1v) is 10.2. The minimum Gasteiger partial charge on any atom is -0.246 e. The molecule has 114 valence electrons. The first-order valence-electron chi connectivity index (χ1n) is 7.04. The molecule has 0 radical (unpaired) electrons. The van der Waals surface area contributed by atoms with Crippen LogP contribution < -0.4 is 0 Å². The molecule has 0 saturated heterocycles. The molecule has 0 amide bonds. The average Bonchev–Trinajstić information content (AvgIpc) is 2.94. The Morgan fingerprint density at radius 1 is 1.05 bits per heavy atom. The standard InChI is InChI=1S/C17H21Br2NS/c1-16(2,3)14-10-21-15(20-14)9-17(11-18,12-19)13-7-5-4-6-8-13/h4-8,10H,9,11-12H2,1-3H3. The first-order chi connectivity index (χ1) is 9.91. The third kappa shape index (κ3) is 3.96. The van der Waals surface area contributed by atoms with Gasteiger partial charge in [0.2, 0.25) is 0 Å². The highest BCUT2D eigenvalue weighted by atomic mass is 79.9. The number of aromatic nitrogens is 1. The molecule has 1 aromatic carbocycles. The minimum absolute atomic E-state index is 0.0499. The van der Waals surface area contributed by atoms with E-state index in [4.69, 9.17) is 4.98 Å². The van der Waals surface area contributed by atoms with Crippen LogP contribution in [0.15, 0.2) is 35.7 Å². The van der Waals surface area contributed by atoms with Crippen LogP contribution >= 0.6 is 43.2 Å². The predicted molar refractivity (Wildman–Crippen MR) is 100 cm³/mol. The van der Waals surface area contributed by atoms with Gasteiger partial charge in [-0.1, -0.05) is 83.0 Å². The Kier molecular flexibility index (Phi) is 5.66. The number of rotatable bonds is 5. The summed E-state index contributed by atoms with van der Waals surface area (Å²) in [6.07, 6.45) is 0.953. The van der Waals surface area contributed by atoms with Crippen LogP contribution in [0.3, 0.4) is 0 Å². The van der Waals surface area contributed by atoms with Crippen LogP contribution in [0.2, 0.25) is 0 Å². The predicted octanol–water partition coefficient (Wildman–Crippen LogP) is 5.71. The van der Waals surface area contributed by atoms with Crippen LogP contribution in [-0.4, -0.2) is 15.6 Å². The molecule has 21 heavy (non-hydrogen) atoms. The summed E-state index contributed by atoms with van der Waals surface area (Å²) in [6.45, 7) is 6.64. The third-order valence-electron chi connectivity index (χ3n) is 3.71. The van der Waals surface area contributed by atoms with Crippen molar-refractivity contribution in [3.05, 3.63) is 52.0 Å². The van der Waals surface area contributed by atoms with E-state index in [0.717, 1.165) is 17.1 Å². The van der Waals surface area contributed by atoms with Crippen molar-refractivity contribution in [1.29, 1.82) is 0 Å². The van der Waals surface area contributed by atoms with Crippen molar-refractivity contribution in [3.63, 3.8) is 0 Å². The quantitative estimate of drug-likeness (QED) is 0.553. The Balaban J connectivity index is 2.31. The second kappa shape index (κ2) is 6.93. The van der Waals surface area contributed by atoms with Gasteiger partial charge in [-0.3, -0.25) is 0 Å². The van der Waals surface area contributed by atoms with Crippen molar-refractivity contribution >= 4 is 43.2 Å². The molecule has 0 aliphatic heterocycles. The summed E-state index contributed by atoms with van der Waals surface area (Å²) < 4.78 is 0. The molecule has 0 aliphatic rings. The molecule has 0 atom stereocenters. The number of hydrogen-bond donors (Lipinski definition) is 0. The highest BCUT2D eigenvalue weighted by Gasteiger charge is 2.32. The van der Waals surface area contributed by atoms with Crippen LogP contribution in [0.5, 0.6) is 0 Å². The summed E-state index contributed by atoms with van der Waals surface area (Å²) in [6, 6.07) is 10.7. The number of benzene rings is 1. The van der Waals surface area contributed by atoms with E-state index < -0.39 is 0 Å². The second-order valence-electron chi connectivity index (χ2n) is 6.47. The Labute approximate surface area is 148 Å². The van der Waals surface area contributed by atoms with Gasteiger partial charge in [-0.15, -0.1) is 11.3 Å². The van der Waals surface area contributed by atoms with E-state index in [2.05, 4.69) is 88.3 Å². The van der Waals surface area contributed by atoms with Crippen molar-refractivity contribution < 1.29 is 0 Å². The van der Waals surface area contributed by atoms with Gasteiger partial charge in [0.15, 0.2) is 0 Å². The Morgan fingerprint density at radius 2 is 1.67 bits per heavy atom. The summed E-state index contributed by atoms with van der Waals surface area (Å²) >= 11 is 9.22. The normalized spacial score (nSPS) is 12.6. The van der Waals surface area contributed by atoms with Gasteiger partial charge in [-0.05, 0) is 5.56 Å². The molecule has 0 unspecified atom stereocenters. The van der Waals surface area contributed by atoms with Gasteiger partial charge >= 0.3 is 0 Å². The van der Waals surface area contributed by atoms with E-state index >= 15 is 0 Å². The van der Waals surface area contributed by atoms with Gasteiger partial charge < -0.3 is 0 Å². The van der Waals surface area contributed by atoms with Crippen LogP contribution in [0.1, 0.15) is 37.0 Å². The maximum absolute atomic E-state index is 4.86. The van der Waals surface area contributed by atoms with E-state index in [0.29, 0.717) is 0 Å². The Morgan fingerprint density at radius 3 is 2.14 bits per heavy atom. The van der Waals surface area contributed by atoms with E-state index in [-0.39, 0.29) is 10.8 Å². The van der Waals surface area contributed by atoms with Crippen LogP contribution in [0, 0.1) is 0 Å². The van der Waals surface area contributed by atoms with Crippen molar-refractivity contribution in [2.24, 2.45) is 0 Å². The number of nitrogens with zero attached hydrogens (tertiary/aromatic N) is 1. The molecule has 0 aliphatic carbocycles. The third-order valence-corrected chi connectivity index (χ3v) is 6.70. The summed E-state index contributed by atoms with van der Waals surface area (Å²) in [5.41, 5.74) is 2.71. The summed E-state index contributed by atoms with van der Waals surface area (Å²) in [5.74, 6) is 0. The molecule has 2 rings (SSSR count). The molecule has 1 nitrogen and oxygen atoms in total. The highest BCUT2D eigenvalue weighted by molar-refractivity contribution is 9.09. The maximum atomic E-state index is 4.86. The summed E-state index contributed by atoms with van der Waals surface area (Å²) in [5, 5.41) is 5.25. The van der Waals surface area contributed by atoms with Crippen LogP contribution in [0.25, 0.3) is 0 Å². The molecule has 1 aromatic heterocycles. The Bertz CT molecular complexity index is 568.